The van der Waals surface area contributed by atoms with Crippen molar-refractivity contribution in [3.05, 3.63) is 29.1 Å². The third kappa shape index (κ3) is 4.26. The molecule has 1 aromatic carbocycles. The molecule has 6 nitrogen and oxygen atoms in total. The average Bonchev–Trinajstić information content (AvgIpc) is 2.35. The zero-order valence-electron chi connectivity index (χ0n) is 11.3. The third-order valence-electron chi connectivity index (χ3n) is 2.61. The quantitative estimate of drug-likeness (QED) is 0.750. The summed E-state index contributed by atoms with van der Waals surface area (Å²) in [6, 6.07) is 1.77. The summed E-state index contributed by atoms with van der Waals surface area (Å²) in [6.45, 7) is 4.30. The van der Waals surface area contributed by atoms with Crippen LogP contribution in [0.25, 0.3) is 0 Å². The predicted octanol–water partition coefficient (Wildman–Crippen LogP) is 0.548. The third-order valence-corrected chi connectivity index (χ3v) is 3.65. The Morgan fingerprint density at radius 2 is 2.10 bits per heavy atom. The lowest BCUT2D eigenvalue weighted by atomic mass is 10.1. The fourth-order valence-corrected chi connectivity index (χ4v) is 2.48. The largest absolute Gasteiger partial charge is 0.380 e. The first-order valence-electron chi connectivity index (χ1n) is 5.96. The smallest absolute Gasteiger partial charge is 0.251 e. The molecule has 0 atom stereocenters. The Morgan fingerprint density at radius 3 is 2.65 bits per heavy atom. The zero-order valence-corrected chi connectivity index (χ0v) is 12.1. The van der Waals surface area contributed by atoms with Crippen LogP contribution in [-0.2, 0) is 14.8 Å². The highest BCUT2D eigenvalue weighted by atomic mass is 32.2. The number of primary sulfonamides is 1. The van der Waals surface area contributed by atoms with Gasteiger partial charge in [-0.1, -0.05) is 0 Å². The van der Waals surface area contributed by atoms with Gasteiger partial charge in [0, 0.05) is 18.7 Å². The molecule has 0 aromatic heterocycles. The molecule has 8 heteroatoms. The van der Waals surface area contributed by atoms with Crippen LogP contribution in [0.1, 0.15) is 22.8 Å². The molecule has 0 aliphatic rings. The molecule has 1 amide bonds. The molecule has 0 aliphatic heterocycles. The lowest BCUT2D eigenvalue weighted by molar-refractivity contribution is 0.0921. The molecular formula is C12H17FN2O4S. The van der Waals surface area contributed by atoms with Crippen LogP contribution >= 0.6 is 0 Å². The van der Waals surface area contributed by atoms with Crippen LogP contribution in [0.3, 0.4) is 0 Å². The second-order valence-electron chi connectivity index (χ2n) is 4.07. The molecular weight excluding hydrogens is 287 g/mol. The molecule has 0 spiro atoms. The van der Waals surface area contributed by atoms with Crippen molar-refractivity contribution in [1.29, 1.82) is 0 Å². The first-order chi connectivity index (χ1) is 9.27. The molecule has 3 N–H and O–H groups in total. The topological polar surface area (TPSA) is 98.5 Å². The van der Waals surface area contributed by atoms with Gasteiger partial charge >= 0.3 is 0 Å². The fourth-order valence-electron chi connectivity index (χ4n) is 1.66. The van der Waals surface area contributed by atoms with E-state index < -0.39 is 26.6 Å². The van der Waals surface area contributed by atoms with Crippen LogP contribution < -0.4 is 10.5 Å². The fraction of sp³-hybridized carbons (Fsp3) is 0.417. The Morgan fingerprint density at radius 1 is 1.45 bits per heavy atom. The summed E-state index contributed by atoms with van der Waals surface area (Å²) < 4.78 is 41.1. The number of carbonyl (C=O) groups is 1. The highest BCUT2D eigenvalue weighted by molar-refractivity contribution is 7.89. The van der Waals surface area contributed by atoms with Crippen molar-refractivity contribution in [3.63, 3.8) is 0 Å². The number of sulfonamides is 1. The highest BCUT2D eigenvalue weighted by Crippen LogP contribution is 2.19. The maximum atomic E-state index is 13.4. The summed E-state index contributed by atoms with van der Waals surface area (Å²) in [7, 11) is -4.09. The van der Waals surface area contributed by atoms with Gasteiger partial charge in [0.15, 0.2) is 0 Å². The standard InChI is InChI=1S/C12H17FN2O4S/c1-3-19-5-4-15-12(16)10-6-9(13)7-11(8(10)2)20(14,17)18/h6-7H,3-5H2,1-2H3,(H,15,16)(H2,14,17,18). The number of ether oxygens (including phenoxy) is 1. The van der Waals surface area contributed by atoms with Crippen LogP contribution in [0.2, 0.25) is 0 Å². The summed E-state index contributed by atoms with van der Waals surface area (Å²) in [5.74, 6) is -1.42. The van der Waals surface area contributed by atoms with E-state index in [1.165, 1.54) is 6.92 Å². The zero-order chi connectivity index (χ0) is 15.3. The lowest BCUT2D eigenvalue weighted by Crippen LogP contribution is -2.28. The second-order valence-corrected chi connectivity index (χ2v) is 5.60. The molecule has 0 unspecified atom stereocenters. The molecule has 0 saturated heterocycles. The van der Waals surface area contributed by atoms with Crippen molar-refractivity contribution in [1.82, 2.24) is 5.32 Å². The van der Waals surface area contributed by atoms with E-state index in [0.717, 1.165) is 12.1 Å². The number of amides is 1. The van der Waals surface area contributed by atoms with Crippen molar-refractivity contribution >= 4 is 15.9 Å². The van der Waals surface area contributed by atoms with Gasteiger partial charge in [-0.2, -0.15) is 0 Å². The van der Waals surface area contributed by atoms with Gasteiger partial charge in [-0.25, -0.2) is 17.9 Å². The van der Waals surface area contributed by atoms with Gasteiger partial charge in [0.2, 0.25) is 10.0 Å². The maximum absolute atomic E-state index is 13.4. The van der Waals surface area contributed by atoms with Gasteiger partial charge in [-0.15, -0.1) is 0 Å². The molecule has 0 fully saturated rings. The molecule has 0 bridgehead atoms. The van der Waals surface area contributed by atoms with Gasteiger partial charge in [-0.05, 0) is 31.5 Å². The van der Waals surface area contributed by atoms with Gasteiger partial charge < -0.3 is 10.1 Å². The molecule has 0 heterocycles. The van der Waals surface area contributed by atoms with Gasteiger partial charge in [0.25, 0.3) is 5.91 Å². The van der Waals surface area contributed by atoms with Crippen LogP contribution in [0, 0.1) is 12.7 Å². The van der Waals surface area contributed by atoms with E-state index >= 15 is 0 Å². The SMILES string of the molecule is CCOCCNC(=O)c1cc(F)cc(S(N)(=O)=O)c1C. The normalized spacial score (nSPS) is 11.4. The number of benzene rings is 1. The summed E-state index contributed by atoms with van der Waals surface area (Å²) in [6.07, 6.45) is 0. The van der Waals surface area contributed by atoms with E-state index in [2.05, 4.69) is 5.32 Å². The van der Waals surface area contributed by atoms with Crippen molar-refractivity contribution in [3.8, 4) is 0 Å². The van der Waals surface area contributed by atoms with Gasteiger partial charge in [0.05, 0.1) is 11.5 Å². The van der Waals surface area contributed by atoms with E-state index in [9.17, 15) is 17.6 Å². The number of nitrogens with one attached hydrogen (secondary N) is 1. The summed E-state index contributed by atoms with van der Waals surface area (Å²) in [5, 5.41) is 7.50. The number of hydrogen-bond donors (Lipinski definition) is 2. The Bertz CT molecular complexity index is 602. The molecule has 1 rings (SSSR count). The Kier molecular flexibility index (Phi) is 5.61. The number of nitrogens with two attached hydrogens (primary N) is 1. The Labute approximate surface area is 117 Å². The van der Waals surface area contributed by atoms with E-state index in [-0.39, 0.29) is 17.7 Å². The summed E-state index contributed by atoms with van der Waals surface area (Å²) in [4.78, 5) is 11.5. The summed E-state index contributed by atoms with van der Waals surface area (Å²) >= 11 is 0. The van der Waals surface area contributed by atoms with Crippen molar-refractivity contribution in [2.75, 3.05) is 19.8 Å². The minimum atomic E-state index is -4.09. The Hall–Kier alpha value is -1.51. The van der Waals surface area contributed by atoms with E-state index in [0.29, 0.717) is 13.2 Å². The van der Waals surface area contributed by atoms with E-state index in [1.54, 1.807) is 0 Å². The first-order valence-corrected chi connectivity index (χ1v) is 7.51. The van der Waals surface area contributed by atoms with E-state index in [4.69, 9.17) is 9.88 Å². The van der Waals surface area contributed by atoms with Crippen LogP contribution in [0.5, 0.6) is 0 Å². The highest BCUT2D eigenvalue weighted by Gasteiger charge is 2.19. The van der Waals surface area contributed by atoms with E-state index in [1.807, 2.05) is 6.92 Å². The Balaban J connectivity index is 3.01. The maximum Gasteiger partial charge on any atom is 0.251 e. The van der Waals surface area contributed by atoms with Crippen molar-refractivity contribution in [2.45, 2.75) is 18.7 Å². The molecule has 0 radical (unpaired) electrons. The van der Waals surface area contributed by atoms with Gasteiger partial charge in [0.1, 0.15) is 5.82 Å². The second kappa shape index (κ2) is 6.78. The van der Waals surface area contributed by atoms with Crippen LogP contribution in [0.15, 0.2) is 17.0 Å². The first kappa shape index (κ1) is 16.5. The van der Waals surface area contributed by atoms with Crippen LogP contribution in [-0.4, -0.2) is 34.1 Å². The van der Waals surface area contributed by atoms with Gasteiger partial charge in [-0.3, -0.25) is 4.79 Å². The number of halogens is 1. The molecule has 1 aromatic rings. The number of carbonyl (C=O) groups excluding carboxylic acids is 1. The number of hydrogen-bond acceptors (Lipinski definition) is 4. The van der Waals surface area contributed by atoms with Crippen molar-refractivity contribution in [2.24, 2.45) is 5.14 Å². The number of rotatable bonds is 6. The van der Waals surface area contributed by atoms with Crippen LogP contribution in [0.4, 0.5) is 4.39 Å². The summed E-state index contributed by atoms with van der Waals surface area (Å²) in [5.41, 5.74) is 0.0494. The lowest BCUT2D eigenvalue weighted by Gasteiger charge is -2.11. The predicted molar refractivity (Wildman–Crippen MR) is 71.3 cm³/mol. The minimum Gasteiger partial charge on any atom is -0.380 e. The molecule has 20 heavy (non-hydrogen) atoms. The molecule has 0 saturated carbocycles. The average molecular weight is 304 g/mol. The minimum absolute atomic E-state index is 0.0643. The van der Waals surface area contributed by atoms with Crippen molar-refractivity contribution < 1.29 is 22.3 Å². The molecule has 112 valence electrons. The molecule has 0 aliphatic carbocycles. The monoisotopic (exact) mass is 304 g/mol.